The molecule has 4 unspecified atom stereocenters. The first-order chi connectivity index (χ1) is 11.3. The lowest BCUT2D eigenvalue weighted by Gasteiger charge is -2.42. The minimum Gasteiger partial charge on any atom is -0.463 e. The molecule has 1 rings (SSSR count). The lowest BCUT2D eigenvalue weighted by atomic mass is 9.85. The Morgan fingerprint density at radius 2 is 1.92 bits per heavy atom. The van der Waals surface area contributed by atoms with Gasteiger partial charge in [-0.3, -0.25) is 0 Å². The van der Waals surface area contributed by atoms with Crippen molar-refractivity contribution in [3.63, 3.8) is 0 Å². The number of aliphatic hydroxyl groups is 1. The Labute approximate surface area is 157 Å². The molecule has 0 radical (unpaired) electrons. The number of ether oxygens (including phenoxy) is 1. The minimum absolute atomic E-state index is 0.0176. The molecule has 1 saturated carbocycles. The summed E-state index contributed by atoms with van der Waals surface area (Å²) in [6.45, 7) is 4.13. The van der Waals surface area contributed by atoms with Gasteiger partial charge in [0.05, 0.1) is 12.2 Å². The molecule has 24 heavy (non-hydrogen) atoms. The molecule has 0 aromatic rings. The van der Waals surface area contributed by atoms with E-state index in [4.69, 9.17) is 4.74 Å². The predicted octanol–water partition coefficient (Wildman–Crippen LogP) is 3.44. The van der Waals surface area contributed by atoms with Crippen molar-refractivity contribution in [3.05, 3.63) is 12.2 Å². The average molecular weight is 393 g/mol. The summed E-state index contributed by atoms with van der Waals surface area (Å²) in [4.78, 5) is 23.1. The van der Waals surface area contributed by atoms with Crippen molar-refractivity contribution >= 4 is 47.5 Å². The molecule has 1 fully saturated rings. The zero-order valence-electron chi connectivity index (χ0n) is 15.0. The predicted molar refractivity (Wildman–Crippen MR) is 105 cm³/mol. The van der Waals surface area contributed by atoms with Crippen LogP contribution in [0.3, 0.4) is 0 Å². The topological polar surface area (TPSA) is 63.6 Å². The molecule has 0 aromatic heterocycles. The van der Waals surface area contributed by atoms with Crippen LogP contribution in [0.25, 0.3) is 0 Å². The molecule has 1 N–H and O–H groups in total. The van der Waals surface area contributed by atoms with Gasteiger partial charge in [-0.25, -0.2) is 4.79 Å². The molecular formula is C17H28O4S3. The fraction of sp³-hybridized carbons (Fsp3) is 0.765. The summed E-state index contributed by atoms with van der Waals surface area (Å²) in [5.41, 5.74) is -0.853. The summed E-state index contributed by atoms with van der Waals surface area (Å²) in [6, 6.07) is 0. The van der Waals surface area contributed by atoms with Crippen molar-refractivity contribution < 1.29 is 19.4 Å². The van der Waals surface area contributed by atoms with Crippen LogP contribution in [0.4, 0.5) is 0 Å². The molecule has 0 spiro atoms. The smallest absolute Gasteiger partial charge is 0.330 e. The van der Waals surface area contributed by atoms with E-state index in [0.29, 0.717) is 19.4 Å². The number of hydrogen-bond acceptors (Lipinski definition) is 7. The summed E-state index contributed by atoms with van der Waals surface area (Å²) in [5, 5.41) is 11.4. The Bertz CT molecular complexity index is 456. The van der Waals surface area contributed by atoms with Crippen LogP contribution in [-0.2, 0) is 14.3 Å². The second-order valence-corrected chi connectivity index (χ2v) is 9.91. The SMILES string of the molecule is CCOC(=O)/C=C\C(C=O)C1CC(O)(C(SC)(SC)SC)CC1C. The van der Waals surface area contributed by atoms with E-state index in [1.165, 1.54) is 6.08 Å². The van der Waals surface area contributed by atoms with Gasteiger partial charge in [0.1, 0.15) is 9.70 Å². The number of hydrogen-bond donors (Lipinski definition) is 1. The van der Waals surface area contributed by atoms with E-state index in [2.05, 4.69) is 6.92 Å². The highest BCUT2D eigenvalue weighted by atomic mass is 32.3. The number of carbonyl (C=O) groups is 2. The largest absolute Gasteiger partial charge is 0.463 e. The number of carbonyl (C=O) groups excluding carboxylic acids is 2. The third-order valence-corrected chi connectivity index (χ3v) is 10.5. The third-order valence-electron chi connectivity index (χ3n) is 4.73. The highest BCUT2D eigenvalue weighted by Gasteiger charge is 2.56. The van der Waals surface area contributed by atoms with Crippen molar-refractivity contribution in [1.82, 2.24) is 0 Å². The van der Waals surface area contributed by atoms with Gasteiger partial charge in [-0.2, -0.15) is 0 Å². The molecule has 7 heteroatoms. The van der Waals surface area contributed by atoms with Gasteiger partial charge in [0, 0.05) is 12.0 Å². The van der Waals surface area contributed by atoms with Crippen LogP contribution in [-0.4, -0.2) is 51.7 Å². The van der Waals surface area contributed by atoms with Crippen LogP contribution in [0.15, 0.2) is 12.2 Å². The number of rotatable bonds is 9. The molecule has 0 amide bonds. The molecule has 0 aromatic carbocycles. The van der Waals surface area contributed by atoms with Gasteiger partial charge in [-0.15, -0.1) is 35.3 Å². The fourth-order valence-corrected chi connectivity index (χ4v) is 7.25. The highest BCUT2D eigenvalue weighted by Crippen LogP contribution is 2.59. The summed E-state index contributed by atoms with van der Waals surface area (Å²) < 4.78 is 4.52. The molecular weight excluding hydrogens is 364 g/mol. The van der Waals surface area contributed by atoms with E-state index in [-0.39, 0.29) is 21.2 Å². The lowest BCUT2D eigenvalue weighted by molar-refractivity contribution is -0.137. The normalized spacial score (nSPS) is 28.9. The molecule has 138 valence electrons. The first-order valence-corrected chi connectivity index (χ1v) is 11.7. The molecule has 4 atom stereocenters. The van der Waals surface area contributed by atoms with Crippen molar-refractivity contribution in [2.75, 3.05) is 25.4 Å². The van der Waals surface area contributed by atoms with Crippen LogP contribution >= 0.6 is 35.3 Å². The fourth-order valence-electron chi connectivity index (χ4n) is 3.61. The second kappa shape index (κ2) is 9.55. The number of allylic oxidation sites excluding steroid dienone is 1. The van der Waals surface area contributed by atoms with E-state index in [0.717, 1.165) is 6.29 Å². The Kier molecular flexibility index (Phi) is 8.73. The quantitative estimate of drug-likeness (QED) is 0.279. The Hall–Kier alpha value is -0.110. The van der Waals surface area contributed by atoms with Crippen molar-refractivity contribution in [1.29, 1.82) is 0 Å². The zero-order chi connectivity index (χ0) is 18.4. The Morgan fingerprint density at radius 3 is 2.38 bits per heavy atom. The first kappa shape index (κ1) is 21.9. The first-order valence-electron chi connectivity index (χ1n) is 8.01. The maximum atomic E-state index is 11.6. The molecule has 1 aliphatic rings. The monoisotopic (exact) mass is 392 g/mol. The van der Waals surface area contributed by atoms with Crippen LogP contribution in [0.2, 0.25) is 0 Å². The van der Waals surface area contributed by atoms with Gasteiger partial charge in [0.2, 0.25) is 0 Å². The number of thioether (sulfide) groups is 3. The summed E-state index contributed by atoms with van der Waals surface area (Å²) in [6.07, 6.45) is 11.1. The van der Waals surface area contributed by atoms with Crippen LogP contribution in [0.1, 0.15) is 26.7 Å². The standard InChI is InChI=1S/C17H28O4S3/c1-6-21-15(19)8-7-13(11-18)14-10-16(20,9-12(14)2)17(22-3,23-4)24-5/h7-8,11-14,20H,6,9-10H2,1-5H3/b8-7-. The molecule has 4 nitrogen and oxygen atoms in total. The number of aldehydes is 1. The molecule has 0 saturated heterocycles. The summed E-state index contributed by atoms with van der Waals surface area (Å²) in [5.74, 6) is -0.606. The highest BCUT2D eigenvalue weighted by molar-refractivity contribution is 8.33. The Balaban J connectivity index is 2.98. The van der Waals surface area contributed by atoms with E-state index < -0.39 is 11.6 Å². The summed E-state index contributed by atoms with van der Waals surface area (Å²) in [7, 11) is 0. The van der Waals surface area contributed by atoms with Gasteiger partial charge in [-0.05, 0) is 50.4 Å². The second-order valence-electron chi connectivity index (χ2n) is 6.07. The van der Waals surface area contributed by atoms with Gasteiger partial charge in [-0.1, -0.05) is 13.0 Å². The van der Waals surface area contributed by atoms with Crippen molar-refractivity contribution in [3.8, 4) is 0 Å². The van der Waals surface area contributed by atoms with Crippen molar-refractivity contribution in [2.45, 2.75) is 35.7 Å². The van der Waals surface area contributed by atoms with Crippen LogP contribution in [0, 0.1) is 17.8 Å². The Morgan fingerprint density at radius 1 is 1.33 bits per heavy atom. The van der Waals surface area contributed by atoms with E-state index in [1.54, 1.807) is 48.3 Å². The van der Waals surface area contributed by atoms with Gasteiger partial charge in [0.15, 0.2) is 0 Å². The van der Waals surface area contributed by atoms with Gasteiger partial charge >= 0.3 is 5.97 Å². The minimum atomic E-state index is -0.853. The van der Waals surface area contributed by atoms with Gasteiger partial charge < -0.3 is 14.6 Å². The van der Waals surface area contributed by atoms with Crippen LogP contribution in [0.5, 0.6) is 0 Å². The van der Waals surface area contributed by atoms with E-state index in [9.17, 15) is 14.7 Å². The summed E-state index contributed by atoms with van der Waals surface area (Å²) >= 11 is 4.97. The third kappa shape index (κ3) is 4.54. The maximum Gasteiger partial charge on any atom is 0.330 e. The number of esters is 1. The lowest BCUT2D eigenvalue weighted by Crippen LogP contribution is -2.45. The van der Waals surface area contributed by atoms with E-state index in [1.807, 2.05) is 18.8 Å². The zero-order valence-corrected chi connectivity index (χ0v) is 17.4. The molecule has 0 heterocycles. The van der Waals surface area contributed by atoms with Crippen LogP contribution < -0.4 is 0 Å². The van der Waals surface area contributed by atoms with E-state index >= 15 is 0 Å². The molecule has 0 aliphatic heterocycles. The van der Waals surface area contributed by atoms with Crippen molar-refractivity contribution in [2.24, 2.45) is 17.8 Å². The molecule has 1 aliphatic carbocycles. The average Bonchev–Trinajstić information content (AvgIpc) is 2.86. The van der Waals surface area contributed by atoms with Gasteiger partial charge in [0.25, 0.3) is 0 Å². The molecule has 0 bridgehead atoms. The maximum absolute atomic E-state index is 11.6.